The Labute approximate surface area is 115 Å². The zero-order valence-electron chi connectivity index (χ0n) is 11.0. The highest BCUT2D eigenvalue weighted by molar-refractivity contribution is 5.73. The van der Waals surface area contributed by atoms with E-state index in [2.05, 4.69) is 0 Å². The molecule has 1 aliphatic rings. The first kappa shape index (κ1) is 14.8. The minimum absolute atomic E-state index is 0.346. The quantitative estimate of drug-likeness (QED) is 0.927. The summed E-state index contributed by atoms with van der Waals surface area (Å²) in [6, 6.07) is 4.13. The molecule has 6 heteroatoms. The average Bonchev–Trinajstić information content (AvgIpc) is 2.86. The molecule has 110 valence electrons. The maximum absolute atomic E-state index is 12.7. The molecule has 0 saturated carbocycles. The van der Waals surface area contributed by atoms with E-state index in [0.717, 1.165) is 18.6 Å². The molecule has 1 heterocycles. The number of benzene rings is 1. The standard InChI is InChI=1S/C14H16F3NO2/c1-9(18-7-3-6-12(18)13(19)20)10-4-2-5-11(8-10)14(15,16)17/h2,4-5,8-9,12H,3,6-7H2,1H3,(H,19,20). The van der Waals surface area contributed by atoms with Crippen molar-refractivity contribution < 1.29 is 23.1 Å². The number of carboxylic acid groups (broad SMARTS) is 1. The summed E-state index contributed by atoms with van der Waals surface area (Å²) in [5, 5.41) is 9.14. The Bertz CT molecular complexity index is 501. The van der Waals surface area contributed by atoms with Crippen LogP contribution in [0.1, 0.15) is 36.9 Å². The van der Waals surface area contributed by atoms with Gasteiger partial charge in [-0.3, -0.25) is 9.69 Å². The fourth-order valence-corrected chi connectivity index (χ4v) is 2.68. The third-order valence-corrected chi connectivity index (χ3v) is 3.77. The molecule has 20 heavy (non-hydrogen) atoms. The molecule has 1 aliphatic heterocycles. The molecular formula is C14H16F3NO2. The van der Waals surface area contributed by atoms with Gasteiger partial charge in [-0.15, -0.1) is 0 Å². The number of rotatable bonds is 3. The molecule has 2 unspecified atom stereocenters. The van der Waals surface area contributed by atoms with Crippen molar-refractivity contribution in [1.82, 2.24) is 4.90 Å². The highest BCUT2D eigenvalue weighted by atomic mass is 19.4. The zero-order chi connectivity index (χ0) is 14.9. The highest BCUT2D eigenvalue weighted by Gasteiger charge is 2.35. The van der Waals surface area contributed by atoms with E-state index >= 15 is 0 Å². The van der Waals surface area contributed by atoms with Crippen molar-refractivity contribution in [2.45, 2.75) is 38.0 Å². The van der Waals surface area contributed by atoms with E-state index in [0.29, 0.717) is 18.5 Å². The van der Waals surface area contributed by atoms with Crippen molar-refractivity contribution in [1.29, 1.82) is 0 Å². The topological polar surface area (TPSA) is 40.5 Å². The maximum atomic E-state index is 12.7. The van der Waals surface area contributed by atoms with Crippen molar-refractivity contribution in [3.63, 3.8) is 0 Å². The third kappa shape index (κ3) is 2.95. The van der Waals surface area contributed by atoms with Crippen molar-refractivity contribution in [2.75, 3.05) is 6.54 Å². The van der Waals surface area contributed by atoms with E-state index < -0.39 is 23.8 Å². The van der Waals surface area contributed by atoms with Crippen LogP contribution in [-0.4, -0.2) is 28.6 Å². The molecule has 0 amide bonds. The first-order valence-corrected chi connectivity index (χ1v) is 6.46. The minimum atomic E-state index is -4.38. The zero-order valence-corrected chi connectivity index (χ0v) is 11.0. The maximum Gasteiger partial charge on any atom is 0.416 e. The van der Waals surface area contributed by atoms with Gasteiger partial charge >= 0.3 is 12.1 Å². The lowest BCUT2D eigenvalue weighted by Gasteiger charge is -2.29. The summed E-state index contributed by atoms with van der Waals surface area (Å²) >= 11 is 0. The van der Waals surface area contributed by atoms with Crippen LogP contribution in [0, 0.1) is 0 Å². The van der Waals surface area contributed by atoms with Gasteiger partial charge in [0.15, 0.2) is 0 Å². The van der Waals surface area contributed by atoms with Crippen LogP contribution < -0.4 is 0 Å². The Morgan fingerprint density at radius 2 is 2.15 bits per heavy atom. The molecule has 1 fully saturated rings. The summed E-state index contributed by atoms with van der Waals surface area (Å²) in [6.45, 7) is 2.34. The Kier molecular flexibility index (Phi) is 4.04. The van der Waals surface area contributed by atoms with E-state index in [1.165, 1.54) is 6.07 Å². The highest BCUT2D eigenvalue weighted by Crippen LogP contribution is 2.34. The lowest BCUT2D eigenvalue weighted by Crippen LogP contribution is -2.37. The number of nitrogens with zero attached hydrogens (tertiary/aromatic N) is 1. The summed E-state index contributed by atoms with van der Waals surface area (Å²) in [5.41, 5.74) is -0.208. The van der Waals surface area contributed by atoms with E-state index in [1.807, 2.05) is 0 Å². The van der Waals surface area contributed by atoms with Gasteiger partial charge in [-0.25, -0.2) is 0 Å². The lowest BCUT2D eigenvalue weighted by molar-refractivity contribution is -0.143. The van der Waals surface area contributed by atoms with Gasteiger partial charge in [0.2, 0.25) is 0 Å². The van der Waals surface area contributed by atoms with Crippen LogP contribution in [0.4, 0.5) is 13.2 Å². The molecule has 1 saturated heterocycles. The van der Waals surface area contributed by atoms with Gasteiger partial charge in [0.1, 0.15) is 6.04 Å². The second-order valence-electron chi connectivity index (χ2n) is 5.03. The van der Waals surface area contributed by atoms with Crippen molar-refractivity contribution in [2.24, 2.45) is 0 Å². The fraction of sp³-hybridized carbons (Fsp3) is 0.500. The Balaban J connectivity index is 2.25. The molecule has 1 N–H and O–H groups in total. The molecular weight excluding hydrogens is 271 g/mol. The first-order valence-electron chi connectivity index (χ1n) is 6.46. The summed E-state index contributed by atoms with van der Waals surface area (Å²) in [5.74, 6) is -0.915. The largest absolute Gasteiger partial charge is 0.480 e. The number of likely N-dealkylation sites (tertiary alicyclic amines) is 1. The van der Waals surface area contributed by atoms with E-state index in [9.17, 15) is 18.0 Å². The predicted molar refractivity (Wildman–Crippen MR) is 67.2 cm³/mol. The van der Waals surface area contributed by atoms with Gasteiger partial charge < -0.3 is 5.11 Å². The lowest BCUT2D eigenvalue weighted by atomic mass is 10.0. The Morgan fingerprint density at radius 3 is 2.75 bits per heavy atom. The number of halogens is 3. The van der Waals surface area contributed by atoms with E-state index in [1.54, 1.807) is 17.9 Å². The normalized spacial score (nSPS) is 21.9. The van der Waals surface area contributed by atoms with Gasteiger partial charge in [-0.05, 0) is 44.0 Å². The molecule has 0 spiro atoms. The van der Waals surface area contributed by atoms with Gasteiger partial charge in [0.25, 0.3) is 0 Å². The van der Waals surface area contributed by atoms with Crippen molar-refractivity contribution >= 4 is 5.97 Å². The molecule has 1 aromatic carbocycles. The average molecular weight is 287 g/mol. The van der Waals surface area contributed by atoms with Crippen LogP contribution in [0.2, 0.25) is 0 Å². The Morgan fingerprint density at radius 1 is 1.45 bits per heavy atom. The predicted octanol–water partition coefficient (Wildman–Crippen LogP) is 3.32. The van der Waals surface area contributed by atoms with Crippen LogP contribution in [0.15, 0.2) is 24.3 Å². The SMILES string of the molecule is CC(c1cccc(C(F)(F)F)c1)N1CCCC1C(=O)O. The molecule has 1 aromatic rings. The van der Waals surface area contributed by atoms with Gasteiger partial charge in [0, 0.05) is 6.04 Å². The number of carboxylic acids is 1. The summed E-state index contributed by atoms with van der Waals surface area (Å²) < 4.78 is 38.1. The molecule has 3 nitrogen and oxygen atoms in total. The van der Waals surface area contributed by atoms with Gasteiger partial charge in [0.05, 0.1) is 5.56 Å². The first-order chi connectivity index (χ1) is 9.30. The van der Waals surface area contributed by atoms with Gasteiger partial charge in [-0.2, -0.15) is 13.2 Å². The molecule has 0 aliphatic carbocycles. The van der Waals surface area contributed by atoms with Crippen LogP contribution in [0.5, 0.6) is 0 Å². The second kappa shape index (κ2) is 5.44. The smallest absolute Gasteiger partial charge is 0.416 e. The Hall–Kier alpha value is -1.56. The molecule has 0 bridgehead atoms. The minimum Gasteiger partial charge on any atom is -0.480 e. The molecule has 0 aromatic heterocycles. The third-order valence-electron chi connectivity index (χ3n) is 3.77. The fourth-order valence-electron chi connectivity index (χ4n) is 2.68. The van der Waals surface area contributed by atoms with Gasteiger partial charge in [-0.1, -0.05) is 12.1 Å². The van der Waals surface area contributed by atoms with Crippen molar-refractivity contribution in [3.8, 4) is 0 Å². The number of alkyl halides is 3. The molecule has 0 radical (unpaired) electrons. The molecule has 2 rings (SSSR count). The number of carbonyl (C=O) groups is 1. The number of hydrogen-bond acceptors (Lipinski definition) is 2. The van der Waals surface area contributed by atoms with Crippen LogP contribution in [-0.2, 0) is 11.0 Å². The number of hydrogen-bond donors (Lipinski definition) is 1. The second-order valence-corrected chi connectivity index (χ2v) is 5.03. The summed E-state index contributed by atoms with van der Waals surface area (Å²) in [4.78, 5) is 12.9. The van der Waals surface area contributed by atoms with E-state index in [-0.39, 0.29) is 6.04 Å². The summed E-state index contributed by atoms with van der Waals surface area (Å²) in [7, 11) is 0. The van der Waals surface area contributed by atoms with Crippen molar-refractivity contribution in [3.05, 3.63) is 35.4 Å². The monoisotopic (exact) mass is 287 g/mol. The van der Waals surface area contributed by atoms with Crippen LogP contribution in [0.25, 0.3) is 0 Å². The number of aliphatic carboxylic acids is 1. The van der Waals surface area contributed by atoms with Crippen LogP contribution >= 0.6 is 0 Å². The van der Waals surface area contributed by atoms with Crippen LogP contribution in [0.3, 0.4) is 0 Å². The summed E-state index contributed by atoms with van der Waals surface area (Å²) in [6.07, 6.45) is -3.09. The molecule has 2 atom stereocenters. The van der Waals surface area contributed by atoms with E-state index in [4.69, 9.17) is 5.11 Å².